The molecule has 6 heteroatoms. The largest absolute Gasteiger partial charge is 0.240 e. The number of thiophene rings is 1. The Morgan fingerprint density at radius 1 is 1.15 bits per heavy atom. The van der Waals surface area contributed by atoms with Crippen LogP contribution in [0, 0.1) is 6.92 Å². The molecule has 1 N–H and O–H groups in total. The van der Waals surface area contributed by atoms with Gasteiger partial charge in [0.25, 0.3) is 0 Å². The second kappa shape index (κ2) is 6.72. The minimum atomic E-state index is -3.46. The Labute approximate surface area is 128 Å². The average molecular weight is 330 g/mol. The third kappa shape index (κ3) is 4.06. The molecule has 2 aromatic rings. The fourth-order valence-electron chi connectivity index (χ4n) is 1.77. The van der Waals surface area contributed by atoms with Gasteiger partial charge in [0, 0.05) is 22.2 Å². The normalized spacial score (nSPS) is 11.7. The van der Waals surface area contributed by atoms with Gasteiger partial charge >= 0.3 is 0 Å². The van der Waals surface area contributed by atoms with Gasteiger partial charge in [-0.2, -0.15) is 0 Å². The van der Waals surface area contributed by atoms with Crippen LogP contribution in [0.2, 0.25) is 0 Å². The van der Waals surface area contributed by atoms with Gasteiger partial charge < -0.3 is 0 Å². The Balaban J connectivity index is 2.05. The van der Waals surface area contributed by atoms with E-state index in [4.69, 9.17) is 11.6 Å². The molecule has 0 aliphatic carbocycles. The van der Waals surface area contributed by atoms with Crippen molar-refractivity contribution in [2.24, 2.45) is 0 Å². The van der Waals surface area contributed by atoms with Gasteiger partial charge in [-0.15, -0.1) is 22.9 Å². The van der Waals surface area contributed by atoms with Crippen LogP contribution in [0.25, 0.3) is 0 Å². The predicted molar refractivity (Wildman–Crippen MR) is 83.9 cm³/mol. The third-order valence-electron chi connectivity index (χ3n) is 2.85. The van der Waals surface area contributed by atoms with Crippen LogP contribution in [0.3, 0.4) is 0 Å². The van der Waals surface area contributed by atoms with Crippen molar-refractivity contribution in [3.63, 3.8) is 0 Å². The Kier molecular flexibility index (Phi) is 5.21. The Bertz CT molecular complexity index is 663. The molecule has 0 aliphatic rings. The second-order valence-electron chi connectivity index (χ2n) is 4.42. The molecule has 20 heavy (non-hydrogen) atoms. The van der Waals surface area contributed by atoms with E-state index in [0.29, 0.717) is 12.4 Å². The molecule has 0 saturated carbocycles. The molecule has 0 fully saturated rings. The van der Waals surface area contributed by atoms with E-state index < -0.39 is 10.0 Å². The molecule has 1 aromatic heterocycles. The second-order valence-corrected chi connectivity index (χ2v) is 7.94. The first-order valence-electron chi connectivity index (χ1n) is 6.21. The highest BCUT2D eigenvalue weighted by Gasteiger charge is 2.13. The molecule has 0 aliphatic heterocycles. The van der Waals surface area contributed by atoms with Crippen molar-refractivity contribution in [2.75, 3.05) is 5.88 Å². The molecule has 3 nitrogen and oxygen atoms in total. The van der Waals surface area contributed by atoms with E-state index in [1.807, 2.05) is 19.1 Å². The molecule has 2 rings (SSSR count). The number of sulfonamides is 1. The zero-order valence-corrected chi connectivity index (χ0v) is 13.5. The van der Waals surface area contributed by atoms with Crippen molar-refractivity contribution in [2.45, 2.75) is 24.8 Å². The quantitative estimate of drug-likeness (QED) is 0.826. The highest BCUT2D eigenvalue weighted by Crippen LogP contribution is 2.16. The molecule has 1 heterocycles. The van der Waals surface area contributed by atoms with Gasteiger partial charge in [0.05, 0.1) is 4.90 Å². The fourth-order valence-corrected chi connectivity index (χ4v) is 3.92. The van der Waals surface area contributed by atoms with Gasteiger partial charge in [-0.25, -0.2) is 13.1 Å². The Hall–Kier alpha value is -0.880. The smallest absolute Gasteiger partial charge is 0.207 e. The summed E-state index contributed by atoms with van der Waals surface area (Å²) in [6.45, 7) is 2.32. The molecule has 0 bridgehead atoms. The van der Waals surface area contributed by atoms with Crippen LogP contribution in [0.5, 0.6) is 0 Å². The standard InChI is InChI=1S/C14H16ClNO2S2/c1-11-2-5-13(19-11)10-16-20(17,18)14-6-3-12(4-7-14)8-9-15/h2-7,16H,8-10H2,1H3. The molecular formula is C14H16ClNO2S2. The van der Waals surface area contributed by atoms with Crippen LogP contribution in [0.1, 0.15) is 15.3 Å². The van der Waals surface area contributed by atoms with Gasteiger partial charge in [-0.05, 0) is 43.2 Å². The van der Waals surface area contributed by atoms with E-state index in [1.54, 1.807) is 35.6 Å². The maximum atomic E-state index is 12.1. The van der Waals surface area contributed by atoms with E-state index in [0.717, 1.165) is 16.9 Å². The summed E-state index contributed by atoms with van der Waals surface area (Å²) in [5.74, 6) is 0.530. The van der Waals surface area contributed by atoms with Crippen LogP contribution in [0.4, 0.5) is 0 Å². The highest BCUT2D eigenvalue weighted by atomic mass is 35.5. The first kappa shape index (κ1) is 15.5. The Morgan fingerprint density at radius 2 is 1.85 bits per heavy atom. The summed E-state index contributed by atoms with van der Waals surface area (Å²) in [7, 11) is -3.46. The zero-order chi connectivity index (χ0) is 14.6. The molecule has 0 atom stereocenters. The van der Waals surface area contributed by atoms with Gasteiger partial charge in [0.2, 0.25) is 10.0 Å². The van der Waals surface area contributed by atoms with Gasteiger partial charge in [-0.1, -0.05) is 12.1 Å². The maximum Gasteiger partial charge on any atom is 0.240 e. The number of halogens is 1. The van der Waals surface area contributed by atoms with Crippen LogP contribution in [0.15, 0.2) is 41.3 Å². The molecule has 108 valence electrons. The van der Waals surface area contributed by atoms with Gasteiger partial charge in [0.1, 0.15) is 0 Å². The molecule has 0 saturated heterocycles. The van der Waals surface area contributed by atoms with Crippen molar-refractivity contribution in [1.29, 1.82) is 0 Å². The first-order valence-corrected chi connectivity index (χ1v) is 9.04. The summed E-state index contributed by atoms with van der Waals surface area (Å²) in [4.78, 5) is 2.46. The summed E-state index contributed by atoms with van der Waals surface area (Å²) < 4.78 is 26.9. The molecular weight excluding hydrogens is 314 g/mol. The SMILES string of the molecule is Cc1ccc(CNS(=O)(=O)c2ccc(CCCl)cc2)s1. The molecule has 0 radical (unpaired) electrons. The van der Waals surface area contributed by atoms with E-state index in [1.165, 1.54) is 4.88 Å². The Morgan fingerprint density at radius 3 is 2.40 bits per heavy atom. The van der Waals surface area contributed by atoms with Crippen LogP contribution < -0.4 is 4.72 Å². The number of benzene rings is 1. The predicted octanol–water partition coefficient (Wildman–Crippen LogP) is 3.32. The lowest BCUT2D eigenvalue weighted by Crippen LogP contribution is -2.22. The lowest BCUT2D eigenvalue weighted by Gasteiger charge is -2.06. The zero-order valence-electron chi connectivity index (χ0n) is 11.1. The minimum absolute atomic E-state index is 0.282. The number of hydrogen-bond acceptors (Lipinski definition) is 3. The number of aryl methyl sites for hydroxylation is 2. The number of hydrogen-bond donors (Lipinski definition) is 1. The van der Waals surface area contributed by atoms with Crippen molar-refractivity contribution >= 4 is 33.0 Å². The van der Waals surface area contributed by atoms with E-state index in [9.17, 15) is 8.42 Å². The number of alkyl halides is 1. The monoisotopic (exact) mass is 329 g/mol. The number of rotatable bonds is 6. The molecule has 1 aromatic carbocycles. The van der Waals surface area contributed by atoms with Crippen molar-refractivity contribution in [3.8, 4) is 0 Å². The fraction of sp³-hybridized carbons (Fsp3) is 0.286. The topological polar surface area (TPSA) is 46.2 Å². The molecule has 0 amide bonds. The van der Waals surface area contributed by atoms with Crippen LogP contribution >= 0.6 is 22.9 Å². The maximum absolute atomic E-state index is 12.1. The van der Waals surface area contributed by atoms with Crippen molar-refractivity contribution in [1.82, 2.24) is 4.72 Å². The highest BCUT2D eigenvalue weighted by molar-refractivity contribution is 7.89. The van der Waals surface area contributed by atoms with Gasteiger partial charge in [0.15, 0.2) is 0 Å². The summed E-state index contributed by atoms with van der Waals surface area (Å²) in [5, 5.41) is 0. The van der Waals surface area contributed by atoms with Crippen LogP contribution in [-0.4, -0.2) is 14.3 Å². The summed E-state index contributed by atoms with van der Waals surface area (Å²) in [5.41, 5.74) is 1.04. The minimum Gasteiger partial charge on any atom is -0.207 e. The lowest BCUT2D eigenvalue weighted by molar-refractivity contribution is 0.582. The van der Waals surface area contributed by atoms with Crippen LogP contribution in [-0.2, 0) is 23.0 Å². The van der Waals surface area contributed by atoms with E-state index >= 15 is 0 Å². The number of nitrogens with one attached hydrogen (secondary N) is 1. The third-order valence-corrected chi connectivity index (χ3v) is 5.46. The lowest BCUT2D eigenvalue weighted by atomic mass is 10.2. The molecule has 0 unspecified atom stereocenters. The molecule has 0 spiro atoms. The van der Waals surface area contributed by atoms with Crippen molar-refractivity contribution in [3.05, 3.63) is 51.7 Å². The summed E-state index contributed by atoms with van der Waals surface area (Å²) >= 11 is 7.25. The summed E-state index contributed by atoms with van der Waals surface area (Å²) in [6, 6.07) is 10.7. The summed E-state index contributed by atoms with van der Waals surface area (Å²) in [6.07, 6.45) is 0.740. The van der Waals surface area contributed by atoms with E-state index in [-0.39, 0.29) is 4.90 Å². The van der Waals surface area contributed by atoms with E-state index in [2.05, 4.69) is 4.72 Å². The van der Waals surface area contributed by atoms with Gasteiger partial charge in [-0.3, -0.25) is 0 Å². The van der Waals surface area contributed by atoms with Crippen molar-refractivity contribution < 1.29 is 8.42 Å². The average Bonchev–Trinajstić information content (AvgIpc) is 2.84. The first-order chi connectivity index (χ1) is 9.51.